The molecule has 2 aliphatic rings. The van der Waals surface area contributed by atoms with E-state index in [1.165, 1.54) is 42.6 Å². The zero-order valence-electron chi connectivity index (χ0n) is 13.0. The van der Waals surface area contributed by atoms with E-state index in [4.69, 9.17) is 9.47 Å². The summed E-state index contributed by atoms with van der Waals surface area (Å²) in [5.41, 5.74) is 1.61. The molecule has 1 fully saturated rings. The van der Waals surface area contributed by atoms with Crippen LogP contribution in [0.1, 0.15) is 44.6 Å². The van der Waals surface area contributed by atoms with Gasteiger partial charge in [0.1, 0.15) is 13.2 Å². The molecule has 4 heteroatoms. The van der Waals surface area contributed by atoms with Crippen molar-refractivity contribution in [3.05, 3.63) is 17.7 Å². The molecule has 1 heterocycles. The number of benzene rings is 1. The summed E-state index contributed by atoms with van der Waals surface area (Å²) in [6.07, 6.45) is 8.77. The summed E-state index contributed by atoms with van der Waals surface area (Å²) in [6, 6.07) is 4.28. The van der Waals surface area contributed by atoms with Crippen LogP contribution < -0.4 is 14.8 Å². The third kappa shape index (κ3) is 3.49. The molecule has 1 N–H and O–H groups in total. The van der Waals surface area contributed by atoms with E-state index >= 15 is 0 Å². The summed E-state index contributed by atoms with van der Waals surface area (Å²) in [5.74, 6) is 1.78. The number of hydrogen-bond donors (Lipinski definition) is 1. The summed E-state index contributed by atoms with van der Waals surface area (Å²) in [6.45, 7) is 4.57. The van der Waals surface area contributed by atoms with Crippen LogP contribution in [0.2, 0.25) is 0 Å². The van der Waals surface area contributed by atoms with Gasteiger partial charge in [-0.05, 0) is 43.7 Å². The zero-order valence-corrected chi connectivity index (χ0v) is 13.9. The van der Waals surface area contributed by atoms with Crippen LogP contribution in [0.15, 0.2) is 17.0 Å². The van der Waals surface area contributed by atoms with Crippen LogP contribution in [0.4, 0.5) is 0 Å². The molecule has 0 saturated heterocycles. The number of rotatable bonds is 4. The molecule has 0 unspecified atom stereocenters. The molecule has 0 bridgehead atoms. The number of ether oxygens (including phenoxy) is 2. The molecule has 1 saturated carbocycles. The third-order valence-electron chi connectivity index (χ3n) is 4.61. The molecular formula is C17H25NO2S. The number of hydrogen-bond acceptors (Lipinski definition) is 4. The van der Waals surface area contributed by atoms with Gasteiger partial charge in [0.05, 0.1) is 0 Å². The Hall–Kier alpha value is -0.870. The molecule has 0 amide bonds. The lowest BCUT2D eigenvalue weighted by Gasteiger charge is -2.35. The molecule has 21 heavy (non-hydrogen) atoms. The topological polar surface area (TPSA) is 30.5 Å². The standard InChI is InChI=1S/C17H25NO2S/c1-17(6-4-3-5-7-17)18-12-13-10-14-15(11-16(13)21-2)20-9-8-19-14/h10-11,18H,3-9,12H2,1-2H3. The first-order valence-electron chi connectivity index (χ1n) is 7.92. The molecular weight excluding hydrogens is 282 g/mol. The highest BCUT2D eigenvalue weighted by Gasteiger charge is 2.26. The molecule has 0 radical (unpaired) electrons. The highest BCUT2D eigenvalue weighted by Crippen LogP contribution is 2.37. The van der Waals surface area contributed by atoms with E-state index in [-0.39, 0.29) is 0 Å². The van der Waals surface area contributed by atoms with Gasteiger partial charge in [0.2, 0.25) is 0 Å². The maximum atomic E-state index is 5.72. The Labute approximate surface area is 131 Å². The van der Waals surface area contributed by atoms with Crippen molar-refractivity contribution < 1.29 is 9.47 Å². The molecule has 1 aromatic carbocycles. The first-order valence-corrected chi connectivity index (χ1v) is 9.14. The fraction of sp³-hybridized carbons (Fsp3) is 0.647. The van der Waals surface area contributed by atoms with Crippen molar-refractivity contribution in [3.63, 3.8) is 0 Å². The molecule has 0 spiro atoms. The Balaban J connectivity index is 1.74. The van der Waals surface area contributed by atoms with Gasteiger partial charge in [-0.1, -0.05) is 19.3 Å². The third-order valence-corrected chi connectivity index (χ3v) is 5.43. The van der Waals surface area contributed by atoms with Gasteiger partial charge in [0, 0.05) is 17.0 Å². The fourth-order valence-corrected chi connectivity index (χ4v) is 3.88. The summed E-state index contributed by atoms with van der Waals surface area (Å²) >= 11 is 1.78. The van der Waals surface area contributed by atoms with Gasteiger partial charge in [-0.2, -0.15) is 0 Å². The lowest BCUT2D eigenvalue weighted by Crippen LogP contribution is -2.43. The Bertz CT molecular complexity index is 498. The normalized spacial score (nSPS) is 20.3. The Kier molecular flexibility index (Phi) is 4.65. The largest absolute Gasteiger partial charge is 0.486 e. The summed E-state index contributed by atoms with van der Waals surface area (Å²) in [4.78, 5) is 1.28. The van der Waals surface area contributed by atoms with Crippen LogP contribution in [0, 0.1) is 0 Å². The van der Waals surface area contributed by atoms with Gasteiger partial charge in [-0.25, -0.2) is 0 Å². The maximum Gasteiger partial charge on any atom is 0.162 e. The molecule has 1 aromatic rings. The average molecular weight is 307 g/mol. The number of fused-ring (bicyclic) bond motifs is 1. The van der Waals surface area contributed by atoms with Crippen LogP contribution in [0.3, 0.4) is 0 Å². The number of nitrogens with one attached hydrogen (secondary N) is 1. The monoisotopic (exact) mass is 307 g/mol. The lowest BCUT2D eigenvalue weighted by atomic mass is 9.83. The summed E-state index contributed by atoms with van der Waals surface area (Å²) < 4.78 is 11.4. The highest BCUT2D eigenvalue weighted by atomic mass is 32.2. The summed E-state index contributed by atoms with van der Waals surface area (Å²) in [7, 11) is 0. The van der Waals surface area contributed by atoms with Gasteiger partial charge >= 0.3 is 0 Å². The molecule has 3 rings (SSSR count). The maximum absolute atomic E-state index is 5.72. The van der Waals surface area contributed by atoms with E-state index in [9.17, 15) is 0 Å². The van der Waals surface area contributed by atoms with Crippen molar-refractivity contribution in [2.24, 2.45) is 0 Å². The quantitative estimate of drug-likeness (QED) is 0.852. The van der Waals surface area contributed by atoms with Crippen LogP contribution in [-0.4, -0.2) is 25.0 Å². The van der Waals surface area contributed by atoms with Crippen molar-refractivity contribution in [2.45, 2.75) is 56.0 Å². The van der Waals surface area contributed by atoms with E-state index in [1.807, 2.05) is 0 Å². The second-order valence-corrected chi connectivity index (χ2v) is 7.13. The molecule has 1 aliphatic heterocycles. The first kappa shape index (κ1) is 15.0. The van der Waals surface area contributed by atoms with Crippen LogP contribution in [0.5, 0.6) is 11.5 Å². The lowest BCUT2D eigenvalue weighted by molar-refractivity contribution is 0.170. The van der Waals surface area contributed by atoms with Crippen molar-refractivity contribution in [2.75, 3.05) is 19.5 Å². The van der Waals surface area contributed by atoms with E-state index in [0.29, 0.717) is 18.8 Å². The Morgan fingerprint density at radius 1 is 1.10 bits per heavy atom. The van der Waals surface area contributed by atoms with Crippen molar-refractivity contribution >= 4 is 11.8 Å². The van der Waals surface area contributed by atoms with Gasteiger partial charge < -0.3 is 14.8 Å². The molecule has 116 valence electrons. The van der Waals surface area contributed by atoms with Gasteiger partial charge in [-0.3, -0.25) is 0 Å². The highest BCUT2D eigenvalue weighted by molar-refractivity contribution is 7.98. The SMILES string of the molecule is CSc1cc2c(cc1CNC1(C)CCCCC1)OCCO2. The van der Waals surface area contributed by atoms with Gasteiger partial charge in [0.25, 0.3) is 0 Å². The molecule has 1 aliphatic carbocycles. The van der Waals surface area contributed by atoms with Crippen LogP contribution in [0.25, 0.3) is 0 Å². The van der Waals surface area contributed by atoms with Gasteiger partial charge in [-0.15, -0.1) is 11.8 Å². The van der Waals surface area contributed by atoms with Crippen molar-refractivity contribution in [1.29, 1.82) is 0 Å². The molecule has 0 atom stereocenters. The fourth-order valence-electron chi connectivity index (χ4n) is 3.26. The minimum atomic E-state index is 0.293. The average Bonchev–Trinajstić information content (AvgIpc) is 2.53. The van der Waals surface area contributed by atoms with E-state index in [0.717, 1.165) is 18.0 Å². The zero-order chi connectivity index (χ0) is 14.7. The first-order chi connectivity index (χ1) is 10.2. The van der Waals surface area contributed by atoms with E-state index in [2.05, 4.69) is 30.6 Å². The van der Waals surface area contributed by atoms with E-state index < -0.39 is 0 Å². The minimum absolute atomic E-state index is 0.293. The second kappa shape index (κ2) is 6.49. The smallest absolute Gasteiger partial charge is 0.162 e. The van der Waals surface area contributed by atoms with E-state index in [1.54, 1.807) is 11.8 Å². The predicted molar refractivity (Wildman–Crippen MR) is 87.5 cm³/mol. The van der Waals surface area contributed by atoms with Crippen molar-refractivity contribution in [3.8, 4) is 11.5 Å². The van der Waals surface area contributed by atoms with Crippen molar-refractivity contribution in [1.82, 2.24) is 5.32 Å². The van der Waals surface area contributed by atoms with Crippen LogP contribution in [-0.2, 0) is 6.54 Å². The summed E-state index contributed by atoms with van der Waals surface area (Å²) in [5, 5.41) is 3.79. The number of thioether (sulfide) groups is 1. The predicted octanol–water partition coefficient (Wildman–Crippen LogP) is 3.99. The van der Waals surface area contributed by atoms with Crippen LogP contribution >= 0.6 is 11.8 Å². The molecule has 0 aromatic heterocycles. The second-order valence-electron chi connectivity index (χ2n) is 6.28. The van der Waals surface area contributed by atoms with Gasteiger partial charge in [0.15, 0.2) is 11.5 Å². The Morgan fingerprint density at radius 3 is 2.43 bits per heavy atom. The Morgan fingerprint density at radius 2 is 1.76 bits per heavy atom. The minimum Gasteiger partial charge on any atom is -0.486 e. The molecule has 3 nitrogen and oxygen atoms in total.